The van der Waals surface area contributed by atoms with Crippen molar-refractivity contribution in [2.24, 2.45) is 0 Å². The van der Waals surface area contributed by atoms with E-state index in [0.29, 0.717) is 23.4 Å². The van der Waals surface area contributed by atoms with E-state index in [-0.39, 0.29) is 16.9 Å². The molecule has 0 spiro atoms. The van der Waals surface area contributed by atoms with Gasteiger partial charge >= 0.3 is 0 Å². The smallest absolute Gasteiger partial charge is 0.255 e. The summed E-state index contributed by atoms with van der Waals surface area (Å²) < 4.78 is 5.15. The monoisotopic (exact) mass is 364 g/mol. The number of pyridine rings is 1. The molecule has 0 aliphatic carbocycles. The summed E-state index contributed by atoms with van der Waals surface area (Å²) in [5.41, 5.74) is 3.70. The molecule has 0 aliphatic heterocycles. The molecule has 5 nitrogen and oxygen atoms in total. The SMILES string of the molecule is COCc1cc(=O)[nH]c2cc(NC(=O)c3ccc(C(C)(C)C)cc3)ccc12. The van der Waals surface area contributed by atoms with Crippen molar-refractivity contribution in [3.05, 3.63) is 75.6 Å². The van der Waals surface area contributed by atoms with E-state index in [1.54, 1.807) is 13.2 Å². The average molecular weight is 364 g/mol. The molecule has 2 aromatic carbocycles. The molecule has 5 heteroatoms. The molecule has 0 aliphatic rings. The van der Waals surface area contributed by atoms with Crippen LogP contribution in [-0.4, -0.2) is 18.0 Å². The lowest BCUT2D eigenvalue weighted by molar-refractivity contribution is 0.102. The van der Waals surface area contributed by atoms with Crippen LogP contribution < -0.4 is 10.9 Å². The Labute approximate surface area is 158 Å². The lowest BCUT2D eigenvalue weighted by Crippen LogP contribution is -2.14. The van der Waals surface area contributed by atoms with Gasteiger partial charge in [-0.3, -0.25) is 9.59 Å². The van der Waals surface area contributed by atoms with Gasteiger partial charge in [-0.1, -0.05) is 39.0 Å². The highest BCUT2D eigenvalue weighted by Gasteiger charge is 2.14. The number of hydrogen-bond donors (Lipinski definition) is 2. The number of rotatable bonds is 4. The molecule has 140 valence electrons. The summed E-state index contributed by atoms with van der Waals surface area (Å²) in [6.45, 7) is 6.76. The minimum atomic E-state index is -0.198. The number of hydrogen-bond acceptors (Lipinski definition) is 3. The fraction of sp³-hybridized carbons (Fsp3) is 0.273. The van der Waals surface area contributed by atoms with Crippen molar-refractivity contribution in [3.8, 4) is 0 Å². The Hall–Kier alpha value is -2.92. The third-order valence-corrected chi connectivity index (χ3v) is 4.50. The van der Waals surface area contributed by atoms with Crippen LogP contribution in [0.3, 0.4) is 0 Å². The van der Waals surface area contributed by atoms with Gasteiger partial charge in [0, 0.05) is 29.8 Å². The minimum Gasteiger partial charge on any atom is -0.380 e. The molecule has 0 fully saturated rings. The molecular formula is C22H24N2O3. The number of fused-ring (bicyclic) bond motifs is 1. The Morgan fingerprint density at radius 1 is 1.07 bits per heavy atom. The van der Waals surface area contributed by atoms with E-state index in [2.05, 4.69) is 31.1 Å². The maximum absolute atomic E-state index is 12.5. The number of carbonyl (C=O) groups excluding carboxylic acids is 1. The van der Waals surface area contributed by atoms with Crippen LogP contribution in [0.1, 0.15) is 42.3 Å². The molecule has 0 bridgehead atoms. The molecule has 0 atom stereocenters. The largest absolute Gasteiger partial charge is 0.380 e. The maximum atomic E-state index is 12.5. The zero-order chi connectivity index (χ0) is 19.6. The number of methoxy groups -OCH3 is 1. The summed E-state index contributed by atoms with van der Waals surface area (Å²) >= 11 is 0. The summed E-state index contributed by atoms with van der Waals surface area (Å²) in [6, 6.07) is 14.6. The van der Waals surface area contributed by atoms with Crippen molar-refractivity contribution in [1.29, 1.82) is 0 Å². The molecule has 1 heterocycles. The summed E-state index contributed by atoms with van der Waals surface area (Å²) in [6.07, 6.45) is 0. The second kappa shape index (κ2) is 7.37. The van der Waals surface area contributed by atoms with Crippen LogP contribution in [-0.2, 0) is 16.8 Å². The topological polar surface area (TPSA) is 71.2 Å². The van der Waals surface area contributed by atoms with Crippen LogP contribution in [0.4, 0.5) is 5.69 Å². The summed E-state index contributed by atoms with van der Waals surface area (Å²) in [4.78, 5) is 27.2. The lowest BCUT2D eigenvalue weighted by atomic mass is 9.87. The molecule has 1 amide bonds. The number of carbonyl (C=O) groups is 1. The summed E-state index contributed by atoms with van der Waals surface area (Å²) in [5.74, 6) is -0.190. The van der Waals surface area contributed by atoms with Crippen LogP contribution in [0.15, 0.2) is 53.3 Å². The first-order valence-electron chi connectivity index (χ1n) is 8.85. The minimum absolute atomic E-state index is 0.0408. The zero-order valence-corrected chi connectivity index (χ0v) is 16.1. The van der Waals surface area contributed by atoms with Gasteiger partial charge in [0.15, 0.2) is 0 Å². The van der Waals surface area contributed by atoms with E-state index in [1.165, 1.54) is 11.6 Å². The van der Waals surface area contributed by atoms with Crippen molar-refractivity contribution in [1.82, 2.24) is 4.98 Å². The fourth-order valence-electron chi connectivity index (χ4n) is 3.01. The maximum Gasteiger partial charge on any atom is 0.255 e. The Morgan fingerprint density at radius 3 is 2.41 bits per heavy atom. The highest BCUT2D eigenvalue weighted by Crippen LogP contribution is 2.23. The number of ether oxygens (including phenoxy) is 1. The first kappa shape index (κ1) is 18.9. The van der Waals surface area contributed by atoms with Gasteiger partial charge < -0.3 is 15.0 Å². The third kappa shape index (κ3) is 4.26. The normalized spacial score (nSPS) is 11.6. The van der Waals surface area contributed by atoms with Gasteiger partial charge in [-0.25, -0.2) is 0 Å². The van der Waals surface area contributed by atoms with Crippen molar-refractivity contribution in [2.45, 2.75) is 32.8 Å². The van der Waals surface area contributed by atoms with Crippen molar-refractivity contribution >= 4 is 22.5 Å². The Morgan fingerprint density at radius 2 is 1.78 bits per heavy atom. The number of amides is 1. The van der Waals surface area contributed by atoms with Crippen molar-refractivity contribution < 1.29 is 9.53 Å². The highest BCUT2D eigenvalue weighted by molar-refractivity contribution is 6.05. The molecule has 2 N–H and O–H groups in total. The summed E-state index contributed by atoms with van der Waals surface area (Å²) in [5, 5.41) is 3.78. The molecular weight excluding hydrogens is 340 g/mol. The highest BCUT2D eigenvalue weighted by atomic mass is 16.5. The average Bonchev–Trinajstić information content (AvgIpc) is 2.61. The molecule has 0 saturated carbocycles. The molecule has 0 radical (unpaired) electrons. The quantitative estimate of drug-likeness (QED) is 0.728. The van der Waals surface area contributed by atoms with Crippen LogP contribution in [0.5, 0.6) is 0 Å². The van der Waals surface area contributed by atoms with E-state index >= 15 is 0 Å². The van der Waals surface area contributed by atoms with Gasteiger partial charge in [0.1, 0.15) is 0 Å². The number of benzene rings is 2. The van der Waals surface area contributed by atoms with E-state index < -0.39 is 0 Å². The number of anilines is 1. The number of nitrogens with one attached hydrogen (secondary N) is 2. The predicted octanol–water partition coefficient (Wildman–Crippen LogP) is 4.22. The van der Waals surface area contributed by atoms with Gasteiger partial charge in [0.2, 0.25) is 5.56 Å². The number of aromatic amines is 1. The standard InChI is InChI=1S/C22H24N2O3/c1-22(2,3)16-7-5-14(6-8-16)21(26)23-17-9-10-18-15(13-27-4)11-20(25)24-19(18)12-17/h5-12H,13H2,1-4H3,(H,23,26)(H,24,25). The Bertz CT molecular complexity index is 1030. The Kier molecular flexibility index (Phi) is 5.15. The van der Waals surface area contributed by atoms with Crippen LogP contribution in [0.2, 0.25) is 0 Å². The molecule has 3 rings (SSSR count). The Balaban J connectivity index is 1.86. The van der Waals surface area contributed by atoms with Gasteiger partial charge in [0.05, 0.1) is 12.1 Å². The number of H-pyrrole nitrogens is 1. The van der Waals surface area contributed by atoms with Crippen LogP contribution >= 0.6 is 0 Å². The second-order valence-electron chi connectivity index (χ2n) is 7.63. The molecule has 0 unspecified atom stereocenters. The molecule has 3 aromatic rings. The van der Waals surface area contributed by atoms with Crippen LogP contribution in [0.25, 0.3) is 10.9 Å². The molecule has 27 heavy (non-hydrogen) atoms. The van der Waals surface area contributed by atoms with Crippen molar-refractivity contribution in [2.75, 3.05) is 12.4 Å². The molecule has 1 aromatic heterocycles. The van der Waals surface area contributed by atoms with Crippen LogP contribution in [0, 0.1) is 0 Å². The van der Waals surface area contributed by atoms with E-state index in [9.17, 15) is 9.59 Å². The van der Waals surface area contributed by atoms with Gasteiger partial charge in [-0.05, 0) is 40.8 Å². The molecule has 0 saturated heterocycles. The van der Waals surface area contributed by atoms with Crippen molar-refractivity contribution in [3.63, 3.8) is 0 Å². The first-order valence-corrected chi connectivity index (χ1v) is 8.85. The van der Waals surface area contributed by atoms with Gasteiger partial charge in [-0.15, -0.1) is 0 Å². The summed E-state index contributed by atoms with van der Waals surface area (Å²) in [7, 11) is 1.59. The van der Waals surface area contributed by atoms with E-state index in [0.717, 1.165) is 10.9 Å². The number of aromatic nitrogens is 1. The second-order valence-corrected chi connectivity index (χ2v) is 7.63. The fourth-order valence-corrected chi connectivity index (χ4v) is 3.01. The van der Waals surface area contributed by atoms with E-state index in [1.807, 2.05) is 36.4 Å². The lowest BCUT2D eigenvalue weighted by Gasteiger charge is -2.19. The van der Waals surface area contributed by atoms with Gasteiger partial charge in [0.25, 0.3) is 5.91 Å². The van der Waals surface area contributed by atoms with E-state index in [4.69, 9.17) is 4.74 Å². The zero-order valence-electron chi connectivity index (χ0n) is 16.1. The van der Waals surface area contributed by atoms with Gasteiger partial charge in [-0.2, -0.15) is 0 Å². The predicted molar refractivity (Wildman–Crippen MR) is 108 cm³/mol. The third-order valence-electron chi connectivity index (χ3n) is 4.50. The first-order chi connectivity index (χ1) is 12.8.